The van der Waals surface area contributed by atoms with Gasteiger partial charge in [0.15, 0.2) is 0 Å². The summed E-state index contributed by atoms with van der Waals surface area (Å²) < 4.78 is 14.8. The molecule has 22 heavy (non-hydrogen) atoms. The molecule has 0 fully saturated rings. The minimum absolute atomic E-state index is 0.252. The van der Waals surface area contributed by atoms with Crippen molar-refractivity contribution >= 4 is 23.0 Å². The highest BCUT2D eigenvalue weighted by molar-refractivity contribution is 6.06. The average Bonchev–Trinajstić information content (AvgIpc) is 3.03. The number of rotatable bonds is 3. The number of aromatic amines is 1. The molecule has 1 aromatic carbocycles. The Labute approximate surface area is 125 Å². The topological polar surface area (TPSA) is 75.1 Å². The molecule has 0 unspecified atom stereocenters. The predicted molar refractivity (Wildman–Crippen MR) is 81.3 cm³/mol. The number of hydrazone groups is 1. The normalized spacial score (nSPS) is 11.4. The van der Waals surface area contributed by atoms with Gasteiger partial charge in [0.05, 0.1) is 23.0 Å². The van der Waals surface area contributed by atoms with Crippen LogP contribution in [0.1, 0.15) is 21.6 Å². The molecule has 112 valence electrons. The zero-order valence-corrected chi connectivity index (χ0v) is 12.1. The van der Waals surface area contributed by atoms with Crippen molar-refractivity contribution in [1.29, 1.82) is 0 Å². The van der Waals surface area contributed by atoms with Crippen LogP contribution >= 0.6 is 0 Å². The number of halogens is 1. The third-order valence-electron chi connectivity index (χ3n) is 3.39. The number of nitrogens with zero attached hydrogens (tertiary/aromatic N) is 3. The molecule has 0 bridgehead atoms. The number of fused-ring (bicyclic) bond motifs is 1. The number of aromatic nitrogens is 3. The van der Waals surface area contributed by atoms with E-state index >= 15 is 0 Å². The van der Waals surface area contributed by atoms with Gasteiger partial charge in [0.2, 0.25) is 5.95 Å². The van der Waals surface area contributed by atoms with Gasteiger partial charge in [-0.2, -0.15) is 14.6 Å². The van der Waals surface area contributed by atoms with Crippen LogP contribution in [0.4, 0.5) is 4.39 Å². The van der Waals surface area contributed by atoms with E-state index in [4.69, 9.17) is 0 Å². The maximum Gasteiger partial charge on any atom is 0.273 e. The van der Waals surface area contributed by atoms with Crippen molar-refractivity contribution < 1.29 is 9.18 Å². The second-order valence-corrected chi connectivity index (χ2v) is 4.86. The predicted octanol–water partition coefficient (Wildman–Crippen LogP) is 2.11. The van der Waals surface area contributed by atoms with Gasteiger partial charge in [-0.1, -0.05) is 18.2 Å². The van der Waals surface area contributed by atoms with E-state index in [0.717, 1.165) is 15.6 Å². The fourth-order valence-electron chi connectivity index (χ4n) is 2.27. The lowest BCUT2D eigenvalue weighted by Crippen LogP contribution is -2.17. The first kappa shape index (κ1) is 14.0. The van der Waals surface area contributed by atoms with Crippen molar-refractivity contribution in [2.75, 3.05) is 0 Å². The van der Waals surface area contributed by atoms with Crippen LogP contribution in [0.2, 0.25) is 0 Å². The van der Waals surface area contributed by atoms with Crippen LogP contribution in [0.5, 0.6) is 0 Å². The summed E-state index contributed by atoms with van der Waals surface area (Å²) in [5, 5.41) is 8.54. The molecular weight excluding hydrogens is 285 g/mol. The second-order valence-electron chi connectivity index (χ2n) is 4.86. The molecule has 0 radical (unpaired) electrons. The lowest BCUT2D eigenvalue weighted by atomic mass is 10.2. The monoisotopic (exact) mass is 299 g/mol. The van der Waals surface area contributed by atoms with Gasteiger partial charge in [-0.25, -0.2) is 10.1 Å². The van der Waals surface area contributed by atoms with Crippen LogP contribution in [-0.2, 0) is 7.05 Å². The third kappa shape index (κ3) is 2.37. The largest absolute Gasteiger partial charge is 0.360 e. The van der Waals surface area contributed by atoms with E-state index in [-0.39, 0.29) is 11.5 Å². The Hall–Kier alpha value is -2.96. The van der Waals surface area contributed by atoms with Crippen LogP contribution in [0.25, 0.3) is 10.9 Å². The summed E-state index contributed by atoms with van der Waals surface area (Å²) in [7, 11) is 1.50. The number of para-hydroxylation sites is 1. The van der Waals surface area contributed by atoms with Crippen molar-refractivity contribution in [1.82, 2.24) is 20.2 Å². The highest BCUT2D eigenvalue weighted by Crippen LogP contribution is 2.17. The molecule has 7 heteroatoms. The SMILES string of the molecule is Cc1nn(C)c(F)c1/C=N/NC(=O)c1c[nH]c2ccccc12. The molecule has 0 aliphatic rings. The Kier molecular flexibility index (Phi) is 3.46. The smallest absolute Gasteiger partial charge is 0.273 e. The Balaban J connectivity index is 1.79. The molecule has 0 atom stereocenters. The lowest BCUT2D eigenvalue weighted by molar-refractivity contribution is 0.0957. The fourth-order valence-corrected chi connectivity index (χ4v) is 2.27. The van der Waals surface area contributed by atoms with E-state index in [0.29, 0.717) is 11.3 Å². The number of hydrogen-bond acceptors (Lipinski definition) is 3. The number of carbonyl (C=O) groups is 1. The van der Waals surface area contributed by atoms with Crippen molar-refractivity contribution in [3.63, 3.8) is 0 Å². The first-order chi connectivity index (χ1) is 10.6. The quantitative estimate of drug-likeness (QED) is 0.574. The van der Waals surface area contributed by atoms with Crippen molar-refractivity contribution in [3.8, 4) is 0 Å². The second kappa shape index (κ2) is 5.44. The summed E-state index contributed by atoms with van der Waals surface area (Å²) >= 11 is 0. The minimum Gasteiger partial charge on any atom is -0.360 e. The van der Waals surface area contributed by atoms with Crippen LogP contribution in [0.3, 0.4) is 0 Å². The molecule has 3 aromatic rings. The Morgan fingerprint density at radius 3 is 2.95 bits per heavy atom. The molecule has 2 heterocycles. The molecule has 6 nitrogen and oxygen atoms in total. The Bertz CT molecular complexity index is 877. The molecule has 3 rings (SSSR count). The fraction of sp³-hybridized carbons (Fsp3) is 0.133. The van der Waals surface area contributed by atoms with E-state index < -0.39 is 5.95 Å². The van der Waals surface area contributed by atoms with Gasteiger partial charge < -0.3 is 4.98 Å². The molecule has 0 saturated carbocycles. The van der Waals surface area contributed by atoms with E-state index in [1.165, 1.54) is 13.3 Å². The maximum absolute atomic E-state index is 13.7. The zero-order chi connectivity index (χ0) is 15.7. The Morgan fingerprint density at radius 2 is 2.23 bits per heavy atom. The first-order valence-corrected chi connectivity index (χ1v) is 6.66. The van der Waals surface area contributed by atoms with Crippen LogP contribution < -0.4 is 5.43 Å². The first-order valence-electron chi connectivity index (χ1n) is 6.66. The molecule has 0 aliphatic carbocycles. The number of benzene rings is 1. The molecule has 0 spiro atoms. The number of nitrogens with one attached hydrogen (secondary N) is 2. The van der Waals surface area contributed by atoms with Crippen LogP contribution in [0, 0.1) is 12.9 Å². The summed E-state index contributed by atoms with van der Waals surface area (Å²) in [6, 6.07) is 7.45. The summed E-state index contributed by atoms with van der Waals surface area (Å²) in [5.74, 6) is -0.863. The third-order valence-corrected chi connectivity index (χ3v) is 3.39. The van der Waals surface area contributed by atoms with Gasteiger partial charge in [-0.05, 0) is 13.0 Å². The van der Waals surface area contributed by atoms with E-state index in [1.54, 1.807) is 13.1 Å². The number of H-pyrrole nitrogens is 1. The maximum atomic E-state index is 13.7. The van der Waals surface area contributed by atoms with Gasteiger partial charge in [0.25, 0.3) is 5.91 Å². The number of aryl methyl sites for hydroxylation is 2. The highest BCUT2D eigenvalue weighted by atomic mass is 19.1. The van der Waals surface area contributed by atoms with Gasteiger partial charge in [0.1, 0.15) is 0 Å². The van der Waals surface area contributed by atoms with Gasteiger partial charge in [0, 0.05) is 24.1 Å². The van der Waals surface area contributed by atoms with E-state index in [1.807, 2.05) is 24.3 Å². The minimum atomic E-state index is -0.498. The summed E-state index contributed by atoms with van der Waals surface area (Å²) in [4.78, 5) is 15.1. The van der Waals surface area contributed by atoms with Gasteiger partial charge in [-0.3, -0.25) is 4.79 Å². The molecule has 0 saturated heterocycles. The van der Waals surface area contributed by atoms with Gasteiger partial charge >= 0.3 is 0 Å². The summed E-state index contributed by atoms with van der Waals surface area (Å²) in [5.41, 5.74) is 4.50. The average molecular weight is 299 g/mol. The molecule has 2 N–H and O–H groups in total. The number of carbonyl (C=O) groups excluding carboxylic acids is 1. The molecule has 1 amide bonds. The molecule has 0 aliphatic heterocycles. The van der Waals surface area contributed by atoms with E-state index in [9.17, 15) is 9.18 Å². The molecular formula is C15H14FN5O. The Morgan fingerprint density at radius 1 is 1.45 bits per heavy atom. The van der Waals surface area contributed by atoms with Crippen LogP contribution in [0.15, 0.2) is 35.6 Å². The van der Waals surface area contributed by atoms with Crippen molar-refractivity contribution in [2.45, 2.75) is 6.92 Å². The standard InChI is InChI=1S/C15H14FN5O/c1-9-11(14(16)21(2)20-9)8-18-19-15(22)12-7-17-13-6-4-3-5-10(12)13/h3-8,17H,1-2H3,(H,19,22)/b18-8+. The van der Waals surface area contributed by atoms with Crippen LogP contribution in [-0.4, -0.2) is 26.9 Å². The van der Waals surface area contributed by atoms with E-state index in [2.05, 4.69) is 20.6 Å². The number of hydrogen-bond donors (Lipinski definition) is 2. The van der Waals surface area contributed by atoms with Crippen molar-refractivity contribution in [2.24, 2.45) is 12.1 Å². The molecule has 2 aromatic heterocycles. The lowest BCUT2D eigenvalue weighted by Gasteiger charge is -1.97. The number of amides is 1. The summed E-state index contributed by atoms with van der Waals surface area (Å²) in [6.07, 6.45) is 2.87. The van der Waals surface area contributed by atoms with Gasteiger partial charge in [-0.15, -0.1) is 0 Å². The van der Waals surface area contributed by atoms with Crippen molar-refractivity contribution in [3.05, 3.63) is 53.2 Å². The highest BCUT2D eigenvalue weighted by Gasteiger charge is 2.12. The summed E-state index contributed by atoms with van der Waals surface area (Å²) in [6.45, 7) is 1.67. The zero-order valence-electron chi connectivity index (χ0n) is 12.1.